The molecule has 1 aliphatic rings. The van der Waals surface area contributed by atoms with Crippen LogP contribution in [0.3, 0.4) is 0 Å². The number of hydrogen-bond acceptors (Lipinski definition) is 6. The van der Waals surface area contributed by atoms with E-state index in [1.54, 1.807) is 24.3 Å². The second-order valence-electron chi connectivity index (χ2n) is 10.4. The third-order valence-corrected chi connectivity index (χ3v) is 9.65. The van der Waals surface area contributed by atoms with E-state index in [4.69, 9.17) is 0 Å². The van der Waals surface area contributed by atoms with Crippen molar-refractivity contribution >= 4 is 31.3 Å². The van der Waals surface area contributed by atoms with Gasteiger partial charge in [-0.25, -0.2) is 16.8 Å². The fourth-order valence-corrected chi connectivity index (χ4v) is 6.40. The summed E-state index contributed by atoms with van der Waals surface area (Å²) >= 11 is 0. The Balaban J connectivity index is 1.29. The first kappa shape index (κ1) is 29.0. The number of rotatable bonds is 10. The summed E-state index contributed by atoms with van der Waals surface area (Å²) in [5.41, 5.74) is 2.91. The van der Waals surface area contributed by atoms with Crippen molar-refractivity contribution in [2.24, 2.45) is 5.92 Å². The largest absolute Gasteiger partial charge is 0.326 e. The molecule has 39 heavy (non-hydrogen) atoms. The van der Waals surface area contributed by atoms with Gasteiger partial charge in [-0.3, -0.25) is 4.79 Å². The van der Waals surface area contributed by atoms with Gasteiger partial charge < -0.3 is 10.2 Å². The Morgan fingerprint density at radius 3 is 1.85 bits per heavy atom. The van der Waals surface area contributed by atoms with Crippen LogP contribution >= 0.6 is 0 Å². The van der Waals surface area contributed by atoms with E-state index in [-0.39, 0.29) is 16.7 Å². The lowest BCUT2D eigenvalue weighted by molar-refractivity contribution is -0.117. The van der Waals surface area contributed by atoms with Gasteiger partial charge >= 0.3 is 0 Å². The van der Waals surface area contributed by atoms with Gasteiger partial charge in [0.2, 0.25) is 5.91 Å². The van der Waals surface area contributed by atoms with E-state index in [1.165, 1.54) is 24.0 Å². The monoisotopic (exact) mass is 568 g/mol. The number of carbonyl (C=O) groups is 1. The number of hydrogen-bond donors (Lipinski definition) is 1. The van der Waals surface area contributed by atoms with Crippen LogP contribution in [0, 0.1) is 5.92 Å². The number of anilines is 1. The van der Waals surface area contributed by atoms with Crippen molar-refractivity contribution in [2.75, 3.05) is 37.5 Å². The molecule has 0 aromatic heterocycles. The summed E-state index contributed by atoms with van der Waals surface area (Å²) < 4.78 is 47.0. The predicted molar refractivity (Wildman–Crippen MR) is 154 cm³/mol. The lowest BCUT2D eigenvalue weighted by Crippen LogP contribution is -2.36. The second-order valence-corrected chi connectivity index (χ2v) is 14.5. The van der Waals surface area contributed by atoms with Gasteiger partial charge in [-0.05, 0) is 92.3 Å². The number of sulfone groups is 2. The minimum absolute atomic E-state index is 0.0535. The molecule has 9 heteroatoms. The molecule has 1 fully saturated rings. The molecule has 1 aliphatic heterocycles. The molecule has 208 valence electrons. The third-order valence-electron chi connectivity index (χ3n) is 7.39. The molecule has 0 radical (unpaired) electrons. The van der Waals surface area contributed by atoms with Crippen molar-refractivity contribution in [1.29, 1.82) is 0 Å². The van der Waals surface area contributed by atoms with Gasteiger partial charge in [0.25, 0.3) is 0 Å². The van der Waals surface area contributed by atoms with Crippen LogP contribution in [0.25, 0.3) is 0 Å². The van der Waals surface area contributed by atoms with Gasteiger partial charge in [-0.2, -0.15) is 0 Å². The Labute approximate surface area is 232 Å². The molecule has 3 aromatic rings. The Kier molecular flexibility index (Phi) is 9.25. The van der Waals surface area contributed by atoms with Crippen LogP contribution in [0.4, 0.5) is 5.69 Å². The van der Waals surface area contributed by atoms with Crippen molar-refractivity contribution < 1.29 is 21.6 Å². The molecular formula is C30H36N2O5S2. The maximum Gasteiger partial charge on any atom is 0.224 e. The Hall–Kier alpha value is -3.01. The van der Waals surface area contributed by atoms with E-state index >= 15 is 0 Å². The SMILES string of the molecule is CS(=O)(=O)c1ccc(NC(=O)CC2CCN(CC[C@@H](c3ccccc3)c3ccc(S(C)(=O)=O)cc3)CC2)cc1. The Morgan fingerprint density at radius 1 is 0.795 bits per heavy atom. The zero-order chi connectivity index (χ0) is 28.0. The first-order valence-electron chi connectivity index (χ1n) is 13.2. The smallest absolute Gasteiger partial charge is 0.224 e. The molecule has 0 unspecified atom stereocenters. The average Bonchev–Trinajstić information content (AvgIpc) is 2.90. The fourth-order valence-electron chi connectivity index (χ4n) is 5.14. The zero-order valence-electron chi connectivity index (χ0n) is 22.4. The lowest BCUT2D eigenvalue weighted by Gasteiger charge is -2.33. The molecule has 1 N–H and O–H groups in total. The van der Waals surface area contributed by atoms with Crippen LogP contribution in [0.15, 0.2) is 88.7 Å². The molecule has 0 bridgehead atoms. The van der Waals surface area contributed by atoms with E-state index in [1.807, 2.05) is 30.3 Å². The van der Waals surface area contributed by atoms with E-state index in [0.29, 0.717) is 22.9 Å². The molecule has 1 saturated heterocycles. The molecule has 1 atom stereocenters. The van der Waals surface area contributed by atoms with Crippen molar-refractivity contribution in [3.8, 4) is 0 Å². The highest BCUT2D eigenvalue weighted by molar-refractivity contribution is 7.91. The molecular weight excluding hydrogens is 532 g/mol. The number of carbonyl (C=O) groups excluding carboxylic acids is 1. The molecule has 0 spiro atoms. The maximum absolute atomic E-state index is 12.6. The van der Waals surface area contributed by atoms with Crippen LogP contribution in [-0.4, -0.2) is 59.8 Å². The topological polar surface area (TPSA) is 101 Å². The standard InChI is InChI=1S/C30H36N2O5S2/c1-38(34,35)27-12-8-25(9-13-27)29(24-6-4-3-5-7-24)18-21-32-19-16-23(17-20-32)22-30(33)31-26-10-14-28(15-11-26)39(2,36)37/h3-15,23,29H,16-22H2,1-2H3,(H,31,33)/t29-/m0/s1. The van der Waals surface area contributed by atoms with Crippen molar-refractivity contribution in [3.63, 3.8) is 0 Å². The summed E-state index contributed by atoms with van der Waals surface area (Å²) in [6, 6.07) is 23.8. The van der Waals surface area contributed by atoms with E-state index in [0.717, 1.165) is 50.7 Å². The molecule has 1 heterocycles. The molecule has 4 rings (SSSR count). The van der Waals surface area contributed by atoms with E-state index in [9.17, 15) is 21.6 Å². The van der Waals surface area contributed by atoms with Gasteiger partial charge in [0.1, 0.15) is 0 Å². The first-order chi connectivity index (χ1) is 18.5. The highest BCUT2D eigenvalue weighted by Gasteiger charge is 2.23. The second kappa shape index (κ2) is 12.4. The quantitative estimate of drug-likeness (QED) is 0.379. The van der Waals surface area contributed by atoms with Crippen molar-refractivity contribution in [1.82, 2.24) is 4.90 Å². The number of nitrogens with zero attached hydrogens (tertiary/aromatic N) is 1. The van der Waals surface area contributed by atoms with Crippen LogP contribution in [0.1, 0.15) is 42.7 Å². The van der Waals surface area contributed by atoms with Gasteiger partial charge in [0.15, 0.2) is 19.7 Å². The zero-order valence-corrected chi connectivity index (χ0v) is 24.0. The summed E-state index contributed by atoms with van der Waals surface area (Å²) in [7, 11) is -6.50. The van der Waals surface area contributed by atoms with Gasteiger partial charge in [-0.1, -0.05) is 42.5 Å². The van der Waals surface area contributed by atoms with Crippen LogP contribution < -0.4 is 5.32 Å². The summed E-state index contributed by atoms with van der Waals surface area (Å²) in [5.74, 6) is 0.421. The van der Waals surface area contributed by atoms with Crippen molar-refractivity contribution in [3.05, 3.63) is 90.0 Å². The van der Waals surface area contributed by atoms with Crippen molar-refractivity contribution in [2.45, 2.75) is 41.4 Å². The number of nitrogens with one attached hydrogen (secondary N) is 1. The molecule has 7 nitrogen and oxygen atoms in total. The number of amides is 1. The lowest BCUT2D eigenvalue weighted by atomic mass is 9.87. The number of piperidine rings is 1. The minimum atomic E-state index is -3.26. The Morgan fingerprint density at radius 2 is 1.31 bits per heavy atom. The summed E-state index contributed by atoms with van der Waals surface area (Å²) in [6.45, 7) is 2.77. The third kappa shape index (κ3) is 8.24. The Bertz CT molecular complexity index is 1460. The van der Waals surface area contributed by atoms with Crippen LogP contribution in [0.5, 0.6) is 0 Å². The fraction of sp³-hybridized carbons (Fsp3) is 0.367. The van der Waals surface area contributed by atoms with Gasteiger partial charge in [0, 0.05) is 30.5 Å². The normalized spacial score (nSPS) is 16.1. The van der Waals surface area contributed by atoms with E-state index < -0.39 is 19.7 Å². The van der Waals surface area contributed by atoms with E-state index in [2.05, 4.69) is 22.3 Å². The van der Waals surface area contributed by atoms with Gasteiger partial charge in [0.05, 0.1) is 9.79 Å². The maximum atomic E-state index is 12.6. The molecule has 3 aromatic carbocycles. The van der Waals surface area contributed by atoms with Crippen LogP contribution in [0.2, 0.25) is 0 Å². The highest BCUT2D eigenvalue weighted by atomic mass is 32.2. The molecule has 0 aliphatic carbocycles. The first-order valence-corrected chi connectivity index (χ1v) is 16.9. The van der Waals surface area contributed by atoms with Crippen LogP contribution in [-0.2, 0) is 24.5 Å². The predicted octanol–water partition coefficient (Wildman–Crippen LogP) is 4.76. The molecule has 0 saturated carbocycles. The number of likely N-dealkylation sites (tertiary alicyclic amines) is 1. The average molecular weight is 569 g/mol. The number of benzene rings is 3. The summed E-state index contributed by atoms with van der Waals surface area (Å²) in [6.07, 6.45) is 5.63. The van der Waals surface area contributed by atoms with Gasteiger partial charge in [-0.15, -0.1) is 0 Å². The summed E-state index contributed by atoms with van der Waals surface area (Å²) in [4.78, 5) is 15.6. The summed E-state index contributed by atoms with van der Waals surface area (Å²) in [5, 5.41) is 2.88. The molecule has 1 amide bonds. The highest BCUT2D eigenvalue weighted by Crippen LogP contribution is 2.30. The minimum Gasteiger partial charge on any atom is -0.326 e.